The predicted molar refractivity (Wildman–Crippen MR) is 102 cm³/mol. The summed E-state index contributed by atoms with van der Waals surface area (Å²) in [6, 6.07) is 11.7. The van der Waals surface area contributed by atoms with Crippen LogP contribution in [0.15, 0.2) is 42.1 Å². The molecule has 5 N–H and O–H groups in total. The summed E-state index contributed by atoms with van der Waals surface area (Å²) in [6.07, 6.45) is 6.02. The smallest absolute Gasteiger partial charge is 0.264 e. The standard InChI is InChI=1S/C20H28N6O/c1-12-15(9-13-5-3-2-4-6-13)20-21-17(11-19(27)26(20)24-12)14-7-8-16-18(10-14)23-25-22-16/h2-6,11-12,14-16,18,20-25H,7-10H2,1H3. The zero-order chi connectivity index (χ0) is 18.4. The second-order valence-corrected chi connectivity index (χ2v) is 8.31. The molecule has 7 heteroatoms. The van der Waals surface area contributed by atoms with Gasteiger partial charge in [-0.15, -0.1) is 0 Å². The maximum Gasteiger partial charge on any atom is 0.264 e. The van der Waals surface area contributed by atoms with Crippen LogP contribution >= 0.6 is 0 Å². The number of carbonyl (C=O) groups is 1. The molecule has 1 saturated carbocycles. The van der Waals surface area contributed by atoms with Crippen LogP contribution in [0.3, 0.4) is 0 Å². The van der Waals surface area contributed by atoms with Crippen molar-refractivity contribution in [1.82, 2.24) is 32.1 Å². The van der Waals surface area contributed by atoms with Gasteiger partial charge in [-0.1, -0.05) is 30.3 Å². The Balaban J connectivity index is 1.33. The van der Waals surface area contributed by atoms with Crippen molar-refractivity contribution in [3.05, 3.63) is 47.7 Å². The van der Waals surface area contributed by atoms with E-state index in [2.05, 4.69) is 58.3 Å². The zero-order valence-corrected chi connectivity index (χ0v) is 15.6. The molecule has 3 fully saturated rings. The first-order valence-corrected chi connectivity index (χ1v) is 10.1. The number of allylic oxidation sites excluding steroid dienone is 1. The van der Waals surface area contributed by atoms with E-state index >= 15 is 0 Å². The monoisotopic (exact) mass is 368 g/mol. The number of nitrogens with zero attached hydrogens (tertiary/aromatic N) is 1. The number of amides is 1. The molecule has 144 valence electrons. The van der Waals surface area contributed by atoms with Gasteiger partial charge in [0.25, 0.3) is 5.91 Å². The Morgan fingerprint density at radius 2 is 1.93 bits per heavy atom. The van der Waals surface area contributed by atoms with Crippen LogP contribution in [0.2, 0.25) is 0 Å². The number of hydrogen-bond donors (Lipinski definition) is 5. The highest BCUT2D eigenvalue weighted by Crippen LogP contribution is 2.34. The first-order valence-electron chi connectivity index (χ1n) is 10.1. The van der Waals surface area contributed by atoms with Gasteiger partial charge in [0.15, 0.2) is 0 Å². The van der Waals surface area contributed by atoms with Crippen LogP contribution in [-0.2, 0) is 11.2 Å². The van der Waals surface area contributed by atoms with Gasteiger partial charge in [-0.3, -0.25) is 9.80 Å². The maximum atomic E-state index is 12.8. The SMILES string of the molecule is CC1NN2C(=O)C=C(C3CCC4NNNC4C3)NC2C1Cc1ccccc1. The van der Waals surface area contributed by atoms with Crippen molar-refractivity contribution in [1.29, 1.82) is 0 Å². The first-order chi connectivity index (χ1) is 13.2. The molecule has 7 nitrogen and oxygen atoms in total. The van der Waals surface area contributed by atoms with Gasteiger partial charge >= 0.3 is 0 Å². The number of fused-ring (bicyclic) bond motifs is 2. The Bertz CT molecular complexity index is 737. The minimum absolute atomic E-state index is 0.0122. The largest absolute Gasteiger partial charge is 0.367 e. The molecule has 0 radical (unpaired) electrons. The molecule has 0 spiro atoms. The zero-order valence-electron chi connectivity index (χ0n) is 15.6. The number of benzene rings is 1. The summed E-state index contributed by atoms with van der Waals surface area (Å²) in [5.74, 6) is 0.818. The molecule has 6 unspecified atom stereocenters. The van der Waals surface area contributed by atoms with Crippen LogP contribution in [0.4, 0.5) is 0 Å². The van der Waals surface area contributed by atoms with Gasteiger partial charge in [0.2, 0.25) is 0 Å². The summed E-state index contributed by atoms with van der Waals surface area (Å²) in [6.45, 7) is 2.17. The topological polar surface area (TPSA) is 80.5 Å². The van der Waals surface area contributed by atoms with Gasteiger partial charge in [0.05, 0.1) is 0 Å². The Morgan fingerprint density at radius 1 is 1.11 bits per heavy atom. The average Bonchev–Trinajstić information content (AvgIpc) is 3.27. The number of carbonyl (C=O) groups excluding carboxylic acids is 1. The average molecular weight is 368 g/mol. The molecule has 1 aromatic carbocycles. The van der Waals surface area contributed by atoms with Crippen molar-refractivity contribution in [3.8, 4) is 0 Å². The summed E-state index contributed by atoms with van der Waals surface area (Å²) >= 11 is 0. The molecule has 2 saturated heterocycles. The lowest BCUT2D eigenvalue weighted by Crippen LogP contribution is -2.55. The molecular weight excluding hydrogens is 340 g/mol. The van der Waals surface area contributed by atoms with E-state index < -0.39 is 0 Å². The minimum atomic E-state index is 0.0122. The fourth-order valence-corrected chi connectivity index (χ4v) is 5.07. The lowest BCUT2D eigenvalue weighted by molar-refractivity contribution is -0.131. The van der Waals surface area contributed by atoms with Crippen molar-refractivity contribution < 1.29 is 4.79 Å². The predicted octanol–water partition coefficient (Wildman–Crippen LogP) is 0.544. The summed E-state index contributed by atoms with van der Waals surface area (Å²) in [7, 11) is 0. The van der Waals surface area contributed by atoms with E-state index in [4.69, 9.17) is 0 Å². The lowest BCUT2D eigenvalue weighted by atomic mass is 9.80. The van der Waals surface area contributed by atoms with Crippen LogP contribution < -0.4 is 27.1 Å². The maximum absolute atomic E-state index is 12.8. The highest BCUT2D eigenvalue weighted by Gasteiger charge is 2.45. The van der Waals surface area contributed by atoms with E-state index in [9.17, 15) is 4.79 Å². The molecule has 1 amide bonds. The molecule has 5 rings (SSSR count). The van der Waals surface area contributed by atoms with Crippen molar-refractivity contribution >= 4 is 5.91 Å². The molecule has 6 atom stereocenters. The normalized spacial score (nSPS) is 38.2. The van der Waals surface area contributed by atoms with Gasteiger partial charge in [-0.2, -0.15) is 5.53 Å². The Kier molecular flexibility index (Phi) is 4.40. The fourth-order valence-electron chi connectivity index (χ4n) is 5.07. The van der Waals surface area contributed by atoms with E-state index in [-0.39, 0.29) is 18.1 Å². The summed E-state index contributed by atoms with van der Waals surface area (Å²) < 4.78 is 0. The third-order valence-corrected chi connectivity index (χ3v) is 6.62. The van der Waals surface area contributed by atoms with E-state index in [1.807, 2.05) is 12.1 Å². The third kappa shape index (κ3) is 3.14. The van der Waals surface area contributed by atoms with Gasteiger partial charge in [0, 0.05) is 41.7 Å². The molecule has 3 heterocycles. The van der Waals surface area contributed by atoms with Crippen molar-refractivity contribution in [2.45, 2.75) is 56.9 Å². The van der Waals surface area contributed by atoms with E-state index in [1.165, 1.54) is 5.56 Å². The molecule has 3 aliphatic heterocycles. The molecule has 1 aromatic rings. The molecule has 0 bridgehead atoms. The second kappa shape index (κ2) is 6.91. The first kappa shape index (κ1) is 17.2. The minimum Gasteiger partial charge on any atom is -0.367 e. The fraction of sp³-hybridized carbons (Fsp3) is 0.550. The quantitative estimate of drug-likeness (QED) is 0.536. The van der Waals surface area contributed by atoms with Crippen molar-refractivity contribution in [3.63, 3.8) is 0 Å². The molecule has 27 heavy (non-hydrogen) atoms. The molecule has 1 aliphatic carbocycles. The van der Waals surface area contributed by atoms with Gasteiger partial charge < -0.3 is 5.32 Å². The van der Waals surface area contributed by atoms with Gasteiger partial charge in [-0.05, 0) is 38.2 Å². The number of hydrazine groups is 3. The van der Waals surface area contributed by atoms with Crippen LogP contribution in [0, 0.1) is 11.8 Å². The third-order valence-electron chi connectivity index (χ3n) is 6.62. The summed E-state index contributed by atoms with van der Waals surface area (Å²) in [4.78, 5) is 12.8. The van der Waals surface area contributed by atoms with Crippen LogP contribution in [0.25, 0.3) is 0 Å². The highest BCUT2D eigenvalue weighted by molar-refractivity contribution is 5.89. The van der Waals surface area contributed by atoms with Crippen molar-refractivity contribution in [2.24, 2.45) is 11.8 Å². The second-order valence-electron chi connectivity index (χ2n) is 8.31. The summed E-state index contributed by atoms with van der Waals surface area (Å²) in [5.41, 5.74) is 15.5. The number of nitrogens with one attached hydrogen (secondary N) is 5. The van der Waals surface area contributed by atoms with E-state index in [0.29, 0.717) is 23.9 Å². The van der Waals surface area contributed by atoms with Crippen LogP contribution in [0.5, 0.6) is 0 Å². The van der Waals surface area contributed by atoms with Crippen molar-refractivity contribution in [2.75, 3.05) is 0 Å². The number of hydrogen-bond acceptors (Lipinski definition) is 6. The number of rotatable bonds is 3. The van der Waals surface area contributed by atoms with Crippen LogP contribution in [0.1, 0.15) is 31.7 Å². The van der Waals surface area contributed by atoms with Gasteiger partial charge in [-0.25, -0.2) is 16.3 Å². The lowest BCUT2D eigenvalue weighted by Gasteiger charge is -2.38. The summed E-state index contributed by atoms with van der Waals surface area (Å²) in [5, 5.41) is 5.53. The van der Waals surface area contributed by atoms with Crippen LogP contribution in [-0.4, -0.2) is 35.2 Å². The highest BCUT2D eigenvalue weighted by atomic mass is 16.2. The molecule has 0 aromatic heterocycles. The van der Waals surface area contributed by atoms with Gasteiger partial charge in [0.1, 0.15) is 6.17 Å². The van der Waals surface area contributed by atoms with E-state index in [1.54, 1.807) is 5.01 Å². The Morgan fingerprint density at radius 3 is 2.78 bits per heavy atom. The van der Waals surface area contributed by atoms with E-state index in [0.717, 1.165) is 31.4 Å². The Hall–Kier alpha value is -1.93. The molecular formula is C20H28N6O. The Labute approximate surface area is 159 Å². The molecule has 4 aliphatic rings.